The Balaban J connectivity index is 1.33. The summed E-state index contributed by atoms with van der Waals surface area (Å²) in [6, 6.07) is 51.6. The molecule has 5 nitrogen and oxygen atoms in total. The van der Waals surface area contributed by atoms with Gasteiger partial charge in [-0.1, -0.05) is 115 Å². The van der Waals surface area contributed by atoms with E-state index in [0.29, 0.717) is 11.7 Å². The molecule has 5 aromatic heterocycles. The van der Waals surface area contributed by atoms with Gasteiger partial charge < -0.3 is 8.82 Å². The average Bonchev–Trinajstić information content (AvgIpc) is 3.89. The Hall–Kier alpha value is -6.72. The second-order valence-electron chi connectivity index (χ2n) is 12.9. The molecule has 0 unspecified atom stereocenters. The minimum atomic E-state index is 0.578. The first-order chi connectivity index (χ1) is 24.3. The Bertz CT molecular complexity index is 3330. The van der Waals surface area contributed by atoms with E-state index in [1.807, 2.05) is 24.3 Å². The van der Waals surface area contributed by atoms with Crippen molar-refractivity contribution in [2.24, 2.45) is 0 Å². The highest BCUT2D eigenvalue weighted by molar-refractivity contribution is 6.38. The van der Waals surface area contributed by atoms with E-state index in [2.05, 4.69) is 130 Å². The van der Waals surface area contributed by atoms with Crippen LogP contribution in [0.15, 0.2) is 150 Å². The smallest absolute Gasteiger partial charge is 0.238 e. The predicted molar refractivity (Wildman–Crippen MR) is 201 cm³/mol. The molecule has 0 aliphatic carbocycles. The van der Waals surface area contributed by atoms with Gasteiger partial charge >= 0.3 is 0 Å². The molecule has 5 heterocycles. The number of benzene rings is 7. The molecule has 49 heavy (non-hydrogen) atoms. The fourth-order valence-corrected chi connectivity index (χ4v) is 8.51. The van der Waals surface area contributed by atoms with Gasteiger partial charge in [-0.25, -0.2) is 4.98 Å². The quantitative estimate of drug-likeness (QED) is 0.192. The summed E-state index contributed by atoms with van der Waals surface area (Å²) in [5.41, 5.74) is 9.06. The molecular formula is C44H24N4O. The van der Waals surface area contributed by atoms with E-state index in [9.17, 15) is 0 Å². The molecule has 7 aromatic carbocycles. The molecule has 0 aliphatic heterocycles. The summed E-state index contributed by atoms with van der Waals surface area (Å²) >= 11 is 0. The van der Waals surface area contributed by atoms with Gasteiger partial charge in [0.15, 0.2) is 0 Å². The van der Waals surface area contributed by atoms with Crippen molar-refractivity contribution in [1.82, 2.24) is 18.9 Å². The SMILES string of the molecule is c1ccc(-c2nc(-n3c4ccccc4c4c5c6c7ccccc7ccc6n6c7ccccc7c(cc43)c56)nc3oc4ccccc4c23)cc1. The van der Waals surface area contributed by atoms with E-state index in [-0.39, 0.29) is 0 Å². The molecule has 0 saturated carbocycles. The molecule has 0 atom stereocenters. The van der Waals surface area contributed by atoms with E-state index in [1.165, 1.54) is 59.6 Å². The number of rotatable bonds is 2. The van der Waals surface area contributed by atoms with Gasteiger partial charge in [-0.15, -0.1) is 0 Å². The molecule has 0 saturated heterocycles. The topological polar surface area (TPSA) is 48.3 Å². The third kappa shape index (κ3) is 3.15. The van der Waals surface area contributed by atoms with Crippen LogP contribution in [0.4, 0.5) is 0 Å². The summed E-state index contributed by atoms with van der Waals surface area (Å²) in [7, 11) is 0. The molecule has 0 spiro atoms. The van der Waals surface area contributed by atoms with E-state index < -0.39 is 0 Å². The maximum absolute atomic E-state index is 6.47. The largest absolute Gasteiger partial charge is 0.437 e. The van der Waals surface area contributed by atoms with Crippen molar-refractivity contribution < 1.29 is 4.42 Å². The average molecular weight is 625 g/mol. The van der Waals surface area contributed by atoms with Gasteiger partial charge in [0.05, 0.1) is 38.7 Å². The van der Waals surface area contributed by atoms with Crippen LogP contribution in [0.3, 0.4) is 0 Å². The maximum atomic E-state index is 6.47. The van der Waals surface area contributed by atoms with Gasteiger partial charge in [-0.3, -0.25) is 4.57 Å². The Morgan fingerprint density at radius 1 is 0.449 bits per heavy atom. The van der Waals surface area contributed by atoms with Crippen molar-refractivity contribution in [3.63, 3.8) is 0 Å². The number of hydrogen-bond donors (Lipinski definition) is 0. The van der Waals surface area contributed by atoms with E-state index in [0.717, 1.165) is 38.6 Å². The highest BCUT2D eigenvalue weighted by Crippen LogP contribution is 2.48. The Morgan fingerprint density at radius 2 is 1.14 bits per heavy atom. The summed E-state index contributed by atoms with van der Waals surface area (Å²) in [5, 5.41) is 11.8. The molecule has 5 heteroatoms. The summed E-state index contributed by atoms with van der Waals surface area (Å²) in [4.78, 5) is 10.6. The molecule has 12 aromatic rings. The summed E-state index contributed by atoms with van der Waals surface area (Å²) in [6.45, 7) is 0. The standard InChI is InChI=1S/C44H24N4O/c1-2-13-26(14-3-1)41-39-30-18-8-11-21-36(30)49-43(39)46-44(45-41)48-33-20-10-7-17-29(33)38-35(48)24-31-28-16-6-9-19-32(28)47-34-23-22-25-12-4-5-15-27(25)37(34)40(38)42(31)47/h1-24H. The maximum Gasteiger partial charge on any atom is 0.238 e. The third-order valence-corrected chi connectivity index (χ3v) is 10.5. The number of para-hydroxylation sites is 3. The van der Waals surface area contributed by atoms with Crippen molar-refractivity contribution in [2.75, 3.05) is 0 Å². The first-order valence-corrected chi connectivity index (χ1v) is 16.6. The zero-order chi connectivity index (χ0) is 31.8. The van der Waals surface area contributed by atoms with Crippen LogP contribution in [0.5, 0.6) is 0 Å². The van der Waals surface area contributed by atoms with Crippen LogP contribution in [0, 0.1) is 0 Å². The molecule has 0 bridgehead atoms. The second-order valence-corrected chi connectivity index (χ2v) is 12.9. The van der Waals surface area contributed by atoms with Gasteiger partial charge in [-0.05, 0) is 41.1 Å². The first-order valence-electron chi connectivity index (χ1n) is 16.6. The zero-order valence-corrected chi connectivity index (χ0v) is 26.1. The van der Waals surface area contributed by atoms with Crippen LogP contribution in [0.2, 0.25) is 0 Å². The van der Waals surface area contributed by atoms with Crippen LogP contribution in [0.1, 0.15) is 0 Å². The number of furan rings is 1. The summed E-state index contributed by atoms with van der Waals surface area (Å²) in [5.74, 6) is 0.586. The van der Waals surface area contributed by atoms with Gasteiger partial charge in [0.2, 0.25) is 11.7 Å². The van der Waals surface area contributed by atoms with Crippen LogP contribution in [-0.2, 0) is 0 Å². The van der Waals surface area contributed by atoms with E-state index in [1.54, 1.807) is 0 Å². The van der Waals surface area contributed by atoms with Crippen LogP contribution < -0.4 is 0 Å². The molecule has 12 rings (SSSR count). The number of nitrogens with zero attached hydrogens (tertiary/aromatic N) is 4. The summed E-state index contributed by atoms with van der Waals surface area (Å²) < 4.78 is 11.2. The fraction of sp³-hybridized carbons (Fsp3) is 0. The molecular weight excluding hydrogens is 601 g/mol. The third-order valence-electron chi connectivity index (χ3n) is 10.5. The number of fused-ring (bicyclic) bond motifs is 15. The molecule has 0 radical (unpaired) electrons. The van der Waals surface area contributed by atoms with Crippen molar-refractivity contribution in [3.05, 3.63) is 146 Å². The Labute approximate surface area is 278 Å². The van der Waals surface area contributed by atoms with Crippen molar-refractivity contribution in [2.45, 2.75) is 0 Å². The second kappa shape index (κ2) is 9.00. The minimum absolute atomic E-state index is 0.578. The molecule has 0 N–H and O–H groups in total. The number of hydrogen-bond acceptors (Lipinski definition) is 3. The first kappa shape index (κ1) is 25.4. The van der Waals surface area contributed by atoms with Crippen molar-refractivity contribution in [3.8, 4) is 17.2 Å². The molecule has 0 aliphatic rings. The Kier molecular flexibility index (Phi) is 4.66. The van der Waals surface area contributed by atoms with Crippen LogP contribution in [0.25, 0.3) is 110 Å². The normalized spacial score (nSPS) is 12.5. The van der Waals surface area contributed by atoms with Crippen molar-refractivity contribution >= 4 is 92.7 Å². The monoisotopic (exact) mass is 624 g/mol. The van der Waals surface area contributed by atoms with Gasteiger partial charge in [0, 0.05) is 43.3 Å². The molecule has 0 fully saturated rings. The van der Waals surface area contributed by atoms with Crippen molar-refractivity contribution in [1.29, 1.82) is 0 Å². The minimum Gasteiger partial charge on any atom is -0.437 e. The number of aromatic nitrogens is 4. The molecule has 226 valence electrons. The van der Waals surface area contributed by atoms with Gasteiger partial charge in [0.1, 0.15) is 5.58 Å². The zero-order valence-electron chi connectivity index (χ0n) is 26.1. The lowest BCUT2D eigenvalue weighted by Crippen LogP contribution is -2.02. The van der Waals surface area contributed by atoms with E-state index >= 15 is 0 Å². The predicted octanol–water partition coefficient (Wildman–Crippen LogP) is 11.4. The van der Waals surface area contributed by atoms with Crippen LogP contribution >= 0.6 is 0 Å². The Morgan fingerprint density at radius 3 is 2.02 bits per heavy atom. The lowest BCUT2D eigenvalue weighted by atomic mass is 9.98. The lowest BCUT2D eigenvalue weighted by Gasteiger charge is -2.10. The fourth-order valence-electron chi connectivity index (χ4n) is 8.51. The summed E-state index contributed by atoms with van der Waals surface area (Å²) in [6.07, 6.45) is 0. The van der Waals surface area contributed by atoms with E-state index in [4.69, 9.17) is 14.4 Å². The van der Waals surface area contributed by atoms with Crippen LogP contribution in [-0.4, -0.2) is 18.9 Å². The van der Waals surface area contributed by atoms with Gasteiger partial charge in [-0.2, -0.15) is 4.98 Å². The highest BCUT2D eigenvalue weighted by Gasteiger charge is 2.26. The van der Waals surface area contributed by atoms with Gasteiger partial charge in [0.25, 0.3) is 0 Å². The molecule has 0 amide bonds. The highest BCUT2D eigenvalue weighted by atomic mass is 16.3. The lowest BCUT2D eigenvalue weighted by molar-refractivity contribution is 0.651.